The third-order valence-corrected chi connectivity index (χ3v) is 4.46. The van der Waals surface area contributed by atoms with Gasteiger partial charge in [0.05, 0.1) is 11.1 Å². The number of nitrogens with one attached hydrogen (secondary N) is 1. The molecule has 0 fully saturated rings. The van der Waals surface area contributed by atoms with E-state index in [1.807, 2.05) is 0 Å². The van der Waals surface area contributed by atoms with Crippen LogP contribution in [0.15, 0.2) is 34.7 Å². The molecule has 2 rings (SSSR count). The number of thiophene rings is 1. The first-order valence-electron chi connectivity index (χ1n) is 4.85. The molecule has 2 heterocycles. The van der Waals surface area contributed by atoms with Crippen molar-refractivity contribution in [1.82, 2.24) is 4.98 Å². The van der Waals surface area contributed by atoms with Gasteiger partial charge < -0.3 is 5.11 Å². The summed E-state index contributed by atoms with van der Waals surface area (Å²) in [6.07, 6.45) is 0.869. The number of anilines is 1. The van der Waals surface area contributed by atoms with Crippen molar-refractivity contribution in [3.05, 3.63) is 40.5 Å². The van der Waals surface area contributed by atoms with Crippen molar-refractivity contribution >= 4 is 33.1 Å². The van der Waals surface area contributed by atoms with Crippen LogP contribution < -0.4 is 4.72 Å². The molecule has 2 aromatic heterocycles. The topological polar surface area (TPSA) is 96.4 Å². The minimum absolute atomic E-state index is 0.0514. The highest BCUT2D eigenvalue weighted by atomic mass is 32.2. The molecule has 9 heteroatoms. The zero-order valence-electron chi connectivity index (χ0n) is 9.20. The molecule has 2 aromatic rings. The average molecular weight is 302 g/mol. The minimum Gasteiger partial charge on any atom is -0.477 e. The van der Waals surface area contributed by atoms with E-state index in [4.69, 9.17) is 5.11 Å². The van der Waals surface area contributed by atoms with Crippen LogP contribution in [0.5, 0.6) is 0 Å². The van der Waals surface area contributed by atoms with E-state index >= 15 is 0 Å². The second-order valence-electron chi connectivity index (χ2n) is 3.42. The fourth-order valence-corrected chi connectivity index (χ4v) is 3.32. The number of pyridine rings is 1. The summed E-state index contributed by atoms with van der Waals surface area (Å²) in [6.45, 7) is 0. The summed E-state index contributed by atoms with van der Waals surface area (Å²) in [5.74, 6) is -1.84. The smallest absolute Gasteiger partial charge is 0.345 e. The van der Waals surface area contributed by atoms with Gasteiger partial charge in [0.25, 0.3) is 10.0 Å². The quantitative estimate of drug-likeness (QED) is 0.897. The van der Waals surface area contributed by atoms with E-state index in [0.29, 0.717) is 0 Å². The second kappa shape index (κ2) is 4.94. The molecule has 0 aliphatic heterocycles. The SMILES string of the molecule is O=C(O)c1cc(S(=O)(=O)Nc2ccc(F)cn2)cs1. The van der Waals surface area contributed by atoms with Crippen LogP contribution in [0.4, 0.5) is 10.2 Å². The number of carboxylic acids is 1. The number of aromatic carboxylic acids is 1. The van der Waals surface area contributed by atoms with Crippen molar-refractivity contribution in [3.63, 3.8) is 0 Å². The van der Waals surface area contributed by atoms with E-state index in [9.17, 15) is 17.6 Å². The molecule has 0 bridgehead atoms. The molecule has 0 unspecified atom stereocenters. The first kappa shape index (κ1) is 13.4. The largest absolute Gasteiger partial charge is 0.477 e. The second-order valence-corrected chi connectivity index (χ2v) is 6.01. The molecule has 0 radical (unpaired) electrons. The Morgan fingerprint density at radius 3 is 2.68 bits per heavy atom. The molecule has 0 atom stereocenters. The Labute approximate surface area is 111 Å². The van der Waals surface area contributed by atoms with Gasteiger partial charge in [0.15, 0.2) is 0 Å². The van der Waals surface area contributed by atoms with Crippen molar-refractivity contribution in [2.45, 2.75) is 4.90 Å². The van der Waals surface area contributed by atoms with E-state index < -0.39 is 21.8 Å². The lowest BCUT2D eigenvalue weighted by Gasteiger charge is -2.04. The molecular formula is C10H7FN2O4S2. The third-order valence-electron chi connectivity index (χ3n) is 2.06. The van der Waals surface area contributed by atoms with E-state index in [-0.39, 0.29) is 15.6 Å². The number of rotatable bonds is 4. The van der Waals surface area contributed by atoms with Gasteiger partial charge in [-0.3, -0.25) is 4.72 Å². The lowest BCUT2D eigenvalue weighted by Crippen LogP contribution is -2.13. The maximum atomic E-state index is 12.6. The Kier molecular flexibility index (Phi) is 3.49. The highest BCUT2D eigenvalue weighted by molar-refractivity contribution is 7.92. The van der Waals surface area contributed by atoms with Gasteiger partial charge in [0.1, 0.15) is 16.5 Å². The van der Waals surface area contributed by atoms with Crippen LogP contribution in [0.1, 0.15) is 9.67 Å². The zero-order valence-corrected chi connectivity index (χ0v) is 10.8. The van der Waals surface area contributed by atoms with Gasteiger partial charge in [-0.05, 0) is 18.2 Å². The number of carboxylic acid groups (broad SMARTS) is 1. The van der Waals surface area contributed by atoms with Crippen molar-refractivity contribution in [2.24, 2.45) is 0 Å². The van der Waals surface area contributed by atoms with E-state index in [1.54, 1.807) is 0 Å². The number of hydrogen-bond donors (Lipinski definition) is 2. The highest BCUT2D eigenvalue weighted by Gasteiger charge is 2.19. The number of sulfonamides is 1. The van der Waals surface area contributed by atoms with Crippen molar-refractivity contribution in [1.29, 1.82) is 0 Å². The summed E-state index contributed by atoms with van der Waals surface area (Å²) in [7, 11) is -3.93. The maximum Gasteiger partial charge on any atom is 0.345 e. The monoisotopic (exact) mass is 302 g/mol. The Hall–Kier alpha value is -2.00. The molecule has 0 amide bonds. The number of carbonyl (C=O) groups is 1. The normalized spacial score (nSPS) is 11.2. The molecule has 19 heavy (non-hydrogen) atoms. The predicted octanol–water partition coefficient (Wildman–Crippen LogP) is 1.78. The molecule has 2 N–H and O–H groups in total. The lowest BCUT2D eigenvalue weighted by molar-refractivity contribution is 0.0702. The zero-order chi connectivity index (χ0) is 14.0. The fraction of sp³-hybridized carbons (Fsp3) is 0. The van der Waals surface area contributed by atoms with Gasteiger partial charge in [-0.2, -0.15) is 0 Å². The summed E-state index contributed by atoms with van der Waals surface area (Å²) in [5.41, 5.74) is 0. The summed E-state index contributed by atoms with van der Waals surface area (Å²) in [4.78, 5) is 14.0. The van der Waals surface area contributed by atoms with Gasteiger partial charge >= 0.3 is 5.97 Å². The molecular weight excluding hydrogens is 295 g/mol. The standard InChI is InChI=1S/C10H7FN2O4S2/c11-6-1-2-9(12-4-6)13-19(16,17)7-3-8(10(14)15)18-5-7/h1-5H,(H,12,13)(H,14,15). The Morgan fingerprint density at radius 2 is 2.16 bits per heavy atom. The summed E-state index contributed by atoms with van der Waals surface area (Å²) in [5, 5.41) is 9.93. The molecule has 0 spiro atoms. The average Bonchev–Trinajstić information content (AvgIpc) is 2.82. The minimum atomic E-state index is -3.93. The van der Waals surface area contributed by atoms with Crippen LogP contribution in [0.3, 0.4) is 0 Å². The molecule has 0 aliphatic carbocycles. The number of halogens is 1. The molecule has 100 valence electrons. The summed E-state index contributed by atoms with van der Waals surface area (Å²) >= 11 is 0.798. The molecule has 0 saturated carbocycles. The third kappa shape index (κ3) is 3.06. The molecule has 0 aromatic carbocycles. The van der Waals surface area contributed by atoms with Crippen molar-refractivity contribution < 1.29 is 22.7 Å². The van der Waals surface area contributed by atoms with Gasteiger partial charge in [-0.25, -0.2) is 22.6 Å². The Balaban J connectivity index is 2.26. The van der Waals surface area contributed by atoms with Crippen LogP contribution in [0.2, 0.25) is 0 Å². The van der Waals surface area contributed by atoms with Gasteiger partial charge in [-0.15, -0.1) is 11.3 Å². The van der Waals surface area contributed by atoms with Crippen molar-refractivity contribution in [3.8, 4) is 0 Å². The van der Waals surface area contributed by atoms with E-state index in [0.717, 1.165) is 35.7 Å². The number of hydrogen-bond acceptors (Lipinski definition) is 5. The molecule has 0 aliphatic rings. The summed E-state index contributed by atoms with van der Waals surface area (Å²) < 4.78 is 38.5. The maximum absolute atomic E-state index is 12.6. The number of nitrogens with zero attached hydrogens (tertiary/aromatic N) is 1. The lowest BCUT2D eigenvalue weighted by atomic mass is 10.5. The summed E-state index contributed by atoms with van der Waals surface area (Å²) in [6, 6.07) is 3.26. The fourth-order valence-electron chi connectivity index (χ4n) is 1.20. The first-order chi connectivity index (χ1) is 8.88. The van der Waals surface area contributed by atoms with Gasteiger partial charge in [0, 0.05) is 5.38 Å². The van der Waals surface area contributed by atoms with Crippen LogP contribution in [-0.4, -0.2) is 24.5 Å². The van der Waals surface area contributed by atoms with E-state index in [1.165, 1.54) is 5.38 Å². The predicted molar refractivity (Wildman–Crippen MR) is 66.3 cm³/mol. The Morgan fingerprint density at radius 1 is 1.42 bits per heavy atom. The van der Waals surface area contributed by atoms with Gasteiger partial charge in [0.2, 0.25) is 0 Å². The Bertz CT molecular complexity index is 709. The highest BCUT2D eigenvalue weighted by Crippen LogP contribution is 2.21. The van der Waals surface area contributed by atoms with E-state index in [2.05, 4.69) is 9.71 Å². The van der Waals surface area contributed by atoms with Crippen LogP contribution in [0, 0.1) is 5.82 Å². The van der Waals surface area contributed by atoms with Gasteiger partial charge in [-0.1, -0.05) is 0 Å². The molecule has 6 nitrogen and oxygen atoms in total. The van der Waals surface area contributed by atoms with Crippen LogP contribution in [-0.2, 0) is 10.0 Å². The molecule has 0 saturated heterocycles. The first-order valence-corrected chi connectivity index (χ1v) is 7.21. The van der Waals surface area contributed by atoms with Crippen molar-refractivity contribution in [2.75, 3.05) is 4.72 Å². The van der Waals surface area contributed by atoms with Crippen LogP contribution in [0.25, 0.3) is 0 Å². The number of aromatic nitrogens is 1. The van der Waals surface area contributed by atoms with Crippen LogP contribution >= 0.6 is 11.3 Å².